The van der Waals surface area contributed by atoms with Gasteiger partial charge in [0.15, 0.2) is 5.96 Å². The van der Waals surface area contributed by atoms with Crippen molar-refractivity contribution < 1.29 is 0 Å². The molecule has 0 saturated carbocycles. The second-order valence-electron chi connectivity index (χ2n) is 6.30. The lowest BCUT2D eigenvalue weighted by molar-refractivity contribution is 0.116. The topological polar surface area (TPSA) is 34.1 Å². The molecule has 1 fully saturated rings. The number of rotatable bonds is 4. The fraction of sp³-hybridized carbons (Fsp3) is 0.588. The first kappa shape index (κ1) is 16.8. The van der Waals surface area contributed by atoms with E-state index in [9.17, 15) is 0 Å². The maximum absolute atomic E-state index is 4.72. The van der Waals surface area contributed by atoms with Crippen molar-refractivity contribution in [1.82, 2.24) is 20.0 Å². The Bertz CT molecular complexity index is 471. The van der Waals surface area contributed by atoms with Crippen molar-refractivity contribution in [2.75, 3.05) is 54.4 Å². The van der Waals surface area contributed by atoms with Gasteiger partial charge in [0.05, 0.1) is 6.54 Å². The number of hydrogen-bond donors (Lipinski definition) is 1. The van der Waals surface area contributed by atoms with E-state index in [-0.39, 0.29) is 0 Å². The van der Waals surface area contributed by atoms with Crippen molar-refractivity contribution in [3.8, 4) is 0 Å². The molecule has 1 aliphatic rings. The van der Waals surface area contributed by atoms with Gasteiger partial charge in [-0.05, 0) is 19.7 Å². The largest absolute Gasteiger partial charge is 0.355 e. The Hall–Kier alpha value is -1.59. The molecule has 1 saturated heterocycles. The van der Waals surface area contributed by atoms with Crippen molar-refractivity contribution in [1.29, 1.82) is 0 Å². The van der Waals surface area contributed by atoms with Crippen molar-refractivity contribution >= 4 is 5.96 Å². The van der Waals surface area contributed by atoms with Crippen LogP contribution < -0.4 is 5.32 Å². The van der Waals surface area contributed by atoms with Gasteiger partial charge < -0.3 is 15.1 Å². The standard InChI is InChI=1S/C17H29N5/c1-20(2)17(18-12-15-8-6-5-7-9-15)19-13-16-14-21(3)10-11-22(16)4/h5-9,16H,10-14H2,1-4H3,(H,18,19). The van der Waals surface area contributed by atoms with Gasteiger partial charge >= 0.3 is 0 Å². The highest BCUT2D eigenvalue weighted by molar-refractivity contribution is 5.79. The highest BCUT2D eigenvalue weighted by Crippen LogP contribution is 2.05. The van der Waals surface area contributed by atoms with E-state index in [1.165, 1.54) is 5.56 Å². The van der Waals surface area contributed by atoms with Gasteiger partial charge in [-0.25, -0.2) is 4.99 Å². The molecule has 5 heteroatoms. The summed E-state index contributed by atoms with van der Waals surface area (Å²) < 4.78 is 0. The molecule has 0 aromatic heterocycles. The van der Waals surface area contributed by atoms with E-state index < -0.39 is 0 Å². The Labute approximate surface area is 134 Å². The van der Waals surface area contributed by atoms with Gasteiger partial charge in [0.25, 0.3) is 0 Å². The Kier molecular flexibility index (Phi) is 6.21. The average Bonchev–Trinajstić information content (AvgIpc) is 2.51. The monoisotopic (exact) mass is 303 g/mol. The van der Waals surface area contributed by atoms with Crippen LogP contribution >= 0.6 is 0 Å². The van der Waals surface area contributed by atoms with Crippen LogP contribution in [-0.2, 0) is 6.54 Å². The van der Waals surface area contributed by atoms with E-state index in [1.807, 2.05) is 20.2 Å². The van der Waals surface area contributed by atoms with Crippen molar-refractivity contribution in [3.63, 3.8) is 0 Å². The fourth-order valence-electron chi connectivity index (χ4n) is 2.64. The Morgan fingerprint density at radius 3 is 2.64 bits per heavy atom. The summed E-state index contributed by atoms with van der Waals surface area (Å²) in [7, 11) is 8.47. The smallest absolute Gasteiger partial charge is 0.193 e. The molecular formula is C17H29N5. The first-order valence-corrected chi connectivity index (χ1v) is 7.94. The normalized spacial score (nSPS) is 20.9. The molecule has 22 heavy (non-hydrogen) atoms. The molecule has 1 N–H and O–H groups in total. The van der Waals surface area contributed by atoms with Gasteiger partial charge in [0.2, 0.25) is 0 Å². The second-order valence-corrected chi connectivity index (χ2v) is 6.30. The fourth-order valence-corrected chi connectivity index (χ4v) is 2.64. The van der Waals surface area contributed by atoms with Crippen molar-refractivity contribution in [2.45, 2.75) is 12.6 Å². The summed E-state index contributed by atoms with van der Waals surface area (Å²) in [6, 6.07) is 10.9. The van der Waals surface area contributed by atoms with Crippen LogP contribution in [0, 0.1) is 0 Å². The number of hydrogen-bond acceptors (Lipinski definition) is 3. The molecule has 1 aliphatic heterocycles. The van der Waals surface area contributed by atoms with Crippen LogP contribution in [0.1, 0.15) is 5.56 Å². The van der Waals surface area contributed by atoms with Gasteiger partial charge in [-0.1, -0.05) is 30.3 Å². The predicted octanol–water partition coefficient (Wildman–Crippen LogP) is 0.940. The summed E-state index contributed by atoms with van der Waals surface area (Å²) in [6.45, 7) is 5.01. The highest BCUT2D eigenvalue weighted by Gasteiger charge is 2.22. The van der Waals surface area contributed by atoms with Gasteiger partial charge in [-0.15, -0.1) is 0 Å². The summed E-state index contributed by atoms with van der Waals surface area (Å²) in [5, 5.41) is 3.52. The maximum atomic E-state index is 4.72. The summed E-state index contributed by atoms with van der Waals surface area (Å²) in [4.78, 5) is 11.6. The third kappa shape index (κ3) is 5.00. The van der Waals surface area contributed by atoms with Gasteiger partial charge in [0, 0.05) is 46.3 Å². The van der Waals surface area contributed by atoms with Gasteiger partial charge in [0.1, 0.15) is 0 Å². The van der Waals surface area contributed by atoms with Crippen LogP contribution in [0.3, 0.4) is 0 Å². The number of aliphatic imine (C=N–C) groups is 1. The molecule has 1 unspecified atom stereocenters. The summed E-state index contributed by atoms with van der Waals surface area (Å²) in [5.74, 6) is 0.950. The van der Waals surface area contributed by atoms with Crippen LogP contribution in [-0.4, -0.2) is 81.1 Å². The van der Waals surface area contributed by atoms with Crippen LogP contribution in [0.4, 0.5) is 0 Å². The zero-order valence-electron chi connectivity index (χ0n) is 14.3. The number of nitrogens with one attached hydrogen (secondary N) is 1. The van der Waals surface area contributed by atoms with E-state index in [0.29, 0.717) is 12.6 Å². The maximum Gasteiger partial charge on any atom is 0.193 e. The third-order valence-corrected chi connectivity index (χ3v) is 4.15. The molecule has 0 bridgehead atoms. The van der Waals surface area contributed by atoms with Crippen molar-refractivity contribution in [2.24, 2.45) is 4.99 Å². The molecule has 2 rings (SSSR count). The molecule has 0 amide bonds. The molecule has 1 heterocycles. The van der Waals surface area contributed by atoms with Crippen LogP contribution in [0.25, 0.3) is 0 Å². The number of guanidine groups is 1. The zero-order chi connectivity index (χ0) is 15.9. The van der Waals surface area contributed by atoms with Crippen LogP contribution in [0.5, 0.6) is 0 Å². The minimum Gasteiger partial charge on any atom is -0.355 e. The minimum absolute atomic E-state index is 0.528. The Balaban J connectivity index is 1.91. The van der Waals surface area contributed by atoms with E-state index in [2.05, 4.69) is 58.4 Å². The molecule has 1 atom stereocenters. The first-order valence-electron chi connectivity index (χ1n) is 7.94. The molecule has 122 valence electrons. The highest BCUT2D eigenvalue weighted by atomic mass is 15.3. The van der Waals surface area contributed by atoms with E-state index >= 15 is 0 Å². The van der Waals surface area contributed by atoms with Crippen LogP contribution in [0.15, 0.2) is 35.3 Å². The second kappa shape index (κ2) is 8.15. The number of piperazine rings is 1. The first-order chi connectivity index (χ1) is 10.6. The molecule has 5 nitrogen and oxygen atoms in total. The quantitative estimate of drug-likeness (QED) is 0.663. The molecule has 0 aliphatic carbocycles. The third-order valence-electron chi connectivity index (χ3n) is 4.15. The van der Waals surface area contributed by atoms with Gasteiger partial charge in [-0.3, -0.25) is 4.90 Å². The molecule has 0 spiro atoms. The number of nitrogens with zero attached hydrogens (tertiary/aromatic N) is 4. The Morgan fingerprint density at radius 2 is 1.95 bits per heavy atom. The molecule has 0 radical (unpaired) electrons. The lowest BCUT2D eigenvalue weighted by Gasteiger charge is -2.38. The molecule has 1 aromatic rings. The number of benzene rings is 1. The molecule has 1 aromatic carbocycles. The zero-order valence-corrected chi connectivity index (χ0v) is 14.3. The average molecular weight is 303 g/mol. The summed E-state index contributed by atoms with van der Waals surface area (Å²) in [6.07, 6.45) is 0. The minimum atomic E-state index is 0.528. The summed E-state index contributed by atoms with van der Waals surface area (Å²) in [5.41, 5.74) is 1.23. The predicted molar refractivity (Wildman–Crippen MR) is 93.2 cm³/mol. The summed E-state index contributed by atoms with van der Waals surface area (Å²) >= 11 is 0. The SMILES string of the molecule is CN1CCN(C)C(CNC(=NCc2ccccc2)N(C)C)C1. The van der Waals surface area contributed by atoms with Gasteiger partial charge in [-0.2, -0.15) is 0 Å². The lowest BCUT2D eigenvalue weighted by atomic mass is 10.2. The lowest BCUT2D eigenvalue weighted by Crippen LogP contribution is -2.55. The van der Waals surface area contributed by atoms with E-state index in [4.69, 9.17) is 4.99 Å². The number of likely N-dealkylation sites (N-methyl/N-ethyl adjacent to an activating group) is 2. The van der Waals surface area contributed by atoms with E-state index in [0.717, 1.165) is 32.1 Å². The van der Waals surface area contributed by atoms with Crippen LogP contribution in [0.2, 0.25) is 0 Å². The van der Waals surface area contributed by atoms with E-state index in [1.54, 1.807) is 0 Å². The molecular weight excluding hydrogens is 274 g/mol. The van der Waals surface area contributed by atoms with Crippen molar-refractivity contribution in [3.05, 3.63) is 35.9 Å². The Morgan fingerprint density at radius 1 is 1.23 bits per heavy atom.